The summed E-state index contributed by atoms with van der Waals surface area (Å²) in [6, 6.07) is 18.3. The number of nitrogens with zero attached hydrogens (tertiary/aromatic N) is 2. The molecule has 0 radical (unpaired) electrons. The molecule has 0 bridgehead atoms. The maximum absolute atomic E-state index is 12.6. The quantitative estimate of drug-likeness (QED) is 0.339. The van der Waals surface area contributed by atoms with Gasteiger partial charge in [-0.3, -0.25) is 4.63 Å². The van der Waals surface area contributed by atoms with Gasteiger partial charge in [0.1, 0.15) is 6.61 Å². The van der Waals surface area contributed by atoms with Gasteiger partial charge in [-0.15, -0.1) is 0 Å². The van der Waals surface area contributed by atoms with Crippen molar-refractivity contribution in [2.75, 3.05) is 28.4 Å². The molecule has 0 aliphatic carbocycles. The summed E-state index contributed by atoms with van der Waals surface area (Å²) in [6.45, 7) is 0.348. The van der Waals surface area contributed by atoms with Crippen LogP contribution in [0.3, 0.4) is 0 Å². The van der Waals surface area contributed by atoms with Crippen LogP contribution in [0.15, 0.2) is 65.3 Å². The normalized spacial score (nSPS) is 10.6. The molecule has 34 heavy (non-hydrogen) atoms. The summed E-state index contributed by atoms with van der Waals surface area (Å²) in [7, 11) is 6.07. The minimum absolute atomic E-state index is 0.179. The van der Waals surface area contributed by atoms with E-state index in [2.05, 4.69) is 5.16 Å². The summed E-state index contributed by atoms with van der Waals surface area (Å²) in [6.07, 6.45) is 0. The molecule has 1 aromatic heterocycles. The fraction of sp³-hybridized carbons (Fsp3) is 0.200. The van der Waals surface area contributed by atoms with Crippen LogP contribution < -0.4 is 28.6 Å². The van der Waals surface area contributed by atoms with Crippen molar-refractivity contribution in [3.8, 4) is 51.3 Å². The van der Waals surface area contributed by atoms with E-state index >= 15 is 0 Å². The summed E-state index contributed by atoms with van der Waals surface area (Å²) in [5.74, 6) is 2.24. The molecule has 0 aliphatic heterocycles. The second kappa shape index (κ2) is 10.0. The molecular formula is C25H24N2O7. The van der Waals surface area contributed by atoms with Crippen LogP contribution in [-0.2, 0) is 6.61 Å². The Morgan fingerprint density at radius 1 is 0.765 bits per heavy atom. The highest BCUT2D eigenvalue weighted by atomic mass is 16.8. The molecule has 0 atom stereocenters. The largest absolute Gasteiger partial charge is 0.493 e. The minimum atomic E-state index is 0.179. The van der Waals surface area contributed by atoms with Gasteiger partial charge in [-0.2, -0.15) is 0 Å². The second-order valence-corrected chi connectivity index (χ2v) is 7.18. The van der Waals surface area contributed by atoms with Crippen molar-refractivity contribution in [2.24, 2.45) is 0 Å². The van der Waals surface area contributed by atoms with E-state index in [0.29, 0.717) is 57.1 Å². The van der Waals surface area contributed by atoms with Gasteiger partial charge in [0.2, 0.25) is 11.4 Å². The van der Waals surface area contributed by atoms with E-state index in [-0.39, 0.29) is 5.69 Å². The van der Waals surface area contributed by atoms with Crippen LogP contribution in [0, 0.1) is 5.21 Å². The molecule has 4 rings (SSSR count). The van der Waals surface area contributed by atoms with E-state index in [1.807, 2.05) is 30.3 Å². The molecule has 0 aliphatic rings. The molecule has 0 spiro atoms. The highest BCUT2D eigenvalue weighted by Crippen LogP contribution is 2.43. The monoisotopic (exact) mass is 464 g/mol. The van der Waals surface area contributed by atoms with Gasteiger partial charge in [0.25, 0.3) is 5.69 Å². The summed E-state index contributed by atoms with van der Waals surface area (Å²) < 4.78 is 32.6. The molecule has 3 aromatic carbocycles. The Morgan fingerprint density at radius 3 is 2.03 bits per heavy atom. The fourth-order valence-corrected chi connectivity index (χ4v) is 3.57. The van der Waals surface area contributed by atoms with Gasteiger partial charge in [0, 0.05) is 16.3 Å². The van der Waals surface area contributed by atoms with Crippen LogP contribution in [0.4, 0.5) is 0 Å². The summed E-state index contributed by atoms with van der Waals surface area (Å²) >= 11 is 0. The van der Waals surface area contributed by atoms with E-state index in [4.69, 9.17) is 28.3 Å². The first kappa shape index (κ1) is 22.8. The van der Waals surface area contributed by atoms with E-state index in [9.17, 15) is 5.21 Å². The molecule has 1 heterocycles. The van der Waals surface area contributed by atoms with E-state index in [1.54, 1.807) is 37.4 Å². The zero-order valence-corrected chi connectivity index (χ0v) is 19.2. The average Bonchev–Trinajstić information content (AvgIpc) is 3.28. The lowest BCUT2D eigenvalue weighted by atomic mass is 10.0. The van der Waals surface area contributed by atoms with Gasteiger partial charge in [0.05, 0.1) is 28.4 Å². The molecule has 0 saturated heterocycles. The van der Waals surface area contributed by atoms with Crippen LogP contribution in [0.5, 0.6) is 28.7 Å². The minimum Gasteiger partial charge on any atom is -0.493 e. The molecule has 9 heteroatoms. The predicted octanol–water partition coefficient (Wildman–Crippen LogP) is 4.26. The van der Waals surface area contributed by atoms with Crippen LogP contribution in [0.1, 0.15) is 5.56 Å². The highest BCUT2D eigenvalue weighted by Gasteiger charge is 2.27. The third-order valence-electron chi connectivity index (χ3n) is 5.23. The van der Waals surface area contributed by atoms with Gasteiger partial charge in [-0.05, 0) is 40.8 Å². The molecule has 0 saturated carbocycles. The molecule has 4 aromatic rings. The van der Waals surface area contributed by atoms with Crippen LogP contribution in [-0.4, -0.2) is 33.6 Å². The maximum atomic E-state index is 12.6. The van der Waals surface area contributed by atoms with Gasteiger partial charge in [0.15, 0.2) is 23.0 Å². The summed E-state index contributed by atoms with van der Waals surface area (Å²) in [4.78, 5) is 0.338. The summed E-state index contributed by atoms with van der Waals surface area (Å²) in [5.41, 5.74) is 2.58. The standard InChI is InChI=1S/C25H24N2O7/c1-29-19-11-10-17(12-20(19)33-15-16-8-6-5-7-9-16)23-24(27(28)34-26-23)18-13-21(30-2)25(32-4)22(14-18)31-3/h5-14H,15H2,1-4H3. The number of benzene rings is 3. The second-order valence-electron chi connectivity index (χ2n) is 7.18. The number of rotatable bonds is 9. The van der Waals surface area contributed by atoms with Crippen molar-refractivity contribution < 1.29 is 33.2 Å². The van der Waals surface area contributed by atoms with E-state index in [0.717, 1.165) is 5.56 Å². The Balaban J connectivity index is 1.76. The van der Waals surface area contributed by atoms with Crippen molar-refractivity contribution in [3.63, 3.8) is 0 Å². The molecule has 9 nitrogen and oxygen atoms in total. The van der Waals surface area contributed by atoms with Crippen molar-refractivity contribution in [2.45, 2.75) is 6.61 Å². The Morgan fingerprint density at radius 2 is 1.41 bits per heavy atom. The Hall–Kier alpha value is -4.40. The number of aromatic nitrogens is 2. The number of methoxy groups -OCH3 is 4. The van der Waals surface area contributed by atoms with Gasteiger partial charge in [-0.25, -0.2) is 0 Å². The lowest BCUT2D eigenvalue weighted by Crippen LogP contribution is -2.25. The predicted molar refractivity (Wildman–Crippen MR) is 123 cm³/mol. The Bertz CT molecular complexity index is 1250. The Kier molecular flexibility index (Phi) is 6.72. The maximum Gasteiger partial charge on any atom is 0.256 e. The number of ether oxygens (including phenoxy) is 5. The molecule has 0 amide bonds. The number of hydrogen-bond acceptors (Lipinski definition) is 8. The topological polar surface area (TPSA) is 99.1 Å². The number of hydrogen-bond donors (Lipinski definition) is 0. The lowest BCUT2D eigenvalue weighted by Gasteiger charge is -2.13. The van der Waals surface area contributed by atoms with Crippen molar-refractivity contribution in [3.05, 3.63) is 71.4 Å². The smallest absolute Gasteiger partial charge is 0.256 e. The SMILES string of the molecule is COc1ccc(-c2no[n+]([O-])c2-c2cc(OC)c(OC)c(OC)c2)cc1OCc1ccccc1. The molecule has 0 unspecified atom stereocenters. The molecule has 0 fully saturated rings. The first-order valence-corrected chi connectivity index (χ1v) is 10.3. The molecular weight excluding hydrogens is 440 g/mol. The highest BCUT2D eigenvalue weighted by molar-refractivity contribution is 5.79. The lowest BCUT2D eigenvalue weighted by molar-refractivity contribution is -0.793. The van der Waals surface area contributed by atoms with Crippen molar-refractivity contribution >= 4 is 0 Å². The van der Waals surface area contributed by atoms with Crippen molar-refractivity contribution in [1.82, 2.24) is 5.16 Å². The van der Waals surface area contributed by atoms with Crippen LogP contribution in [0.2, 0.25) is 0 Å². The van der Waals surface area contributed by atoms with Crippen LogP contribution in [0.25, 0.3) is 22.5 Å². The van der Waals surface area contributed by atoms with Gasteiger partial charge in [-0.1, -0.05) is 30.3 Å². The molecule has 176 valence electrons. The van der Waals surface area contributed by atoms with E-state index < -0.39 is 0 Å². The Labute approximate surface area is 196 Å². The average molecular weight is 464 g/mol. The molecule has 0 N–H and O–H groups in total. The third kappa shape index (κ3) is 4.40. The van der Waals surface area contributed by atoms with Gasteiger partial charge < -0.3 is 28.9 Å². The zero-order valence-electron chi connectivity index (χ0n) is 19.2. The fourth-order valence-electron chi connectivity index (χ4n) is 3.57. The summed E-state index contributed by atoms with van der Waals surface area (Å²) in [5, 5.41) is 16.6. The van der Waals surface area contributed by atoms with Crippen molar-refractivity contribution in [1.29, 1.82) is 0 Å². The van der Waals surface area contributed by atoms with Gasteiger partial charge >= 0.3 is 0 Å². The van der Waals surface area contributed by atoms with E-state index in [1.165, 1.54) is 21.3 Å². The zero-order chi connectivity index (χ0) is 24.1. The first-order chi connectivity index (χ1) is 16.6. The third-order valence-corrected chi connectivity index (χ3v) is 5.23. The van der Waals surface area contributed by atoms with Crippen LogP contribution >= 0.6 is 0 Å². The first-order valence-electron chi connectivity index (χ1n) is 10.3.